The van der Waals surface area contributed by atoms with Crippen LogP contribution in [0.2, 0.25) is 10.0 Å². The van der Waals surface area contributed by atoms with Gasteiger partial charge in [-0.3, -0.25) is 9.59 Å². The normalized spacial score (nSPS) is 16.8. The summed E-state index contributed by atoms with van der Waals surface area (Å²) in [6.45, 7) is 0. The molecule has 1 heterocycles. The summed E-state index contributed by atoms with van der Waals surface area (Å²) in [6.07, 6.45) is 1.74. The van der Waals surface area contributed by atoms with E-state index in [9.17, 15) is 14.9 Å². The molecule has 2 aromatic carbocycles. The molecule has 0 fully saturated rings. The maximum Gasteiger partial charge on any atom is 0.234 e. The number of methoxy groups -OCH3 is 3. The molecule has 1 unspecified atom stereocenters. The number of benzene rings is 2. The average Bonchev–Trinajstić information content (AvgIpc) is 2.89. The van der Waals surface area contributed by atoms with Crippen LogP contribution < -0.4 is 24.8 Å². The number of ether oxygens (including phenoxy) is 3. The molecule has 0 radical (unpaired) electrons. The van der Waals surface area contributed by atoms with Gasteiger partial charge in [-0.2, -0.15) is 5.26 Å². The van der Waals surface area contributed by atoms with Crippen LogP contribution in [0.25, 0.3) is 0 Å². The summed E-state index contributed by atoms with van der Waals surface area (Å²) in [6, 6.07) is 10.5. The largest absolute Gasteiger partial charge is 0.493 e. The molecule has 38 heavy (non-hydrogen) atoms. The second-order valence-corrected chi connectivity index (χ2v) is 10.4. The molecule has 198 valence electrons. The lowest BCUT2D eigenvalue weighted by Gasteiger charge is -2.33. The van der Waals surface area contributed by atoms with Crippen molar-refractivity contribution >= 4 is 52.3 Å². The number of rotatable bonds is 8. The van der Waals surface area contributed by atoms with Gasteiger partial charge >= 0.3 is 0 Å². The van der Waals surface area contributed by atoms with Gasteiger partial charge < -0.3 is 24.8 Å². The maximum atomic E-state index is 13.1. The molecule has 2 aliphatic rings. The number of amides is 1. The minimum atomic E-state index is -0.657. The van der Waals surface area contributed by atoms with Gasteiger partial charge in [-0.1, -0.05) is 35.0 Å². The Morgan fingerprint density at radius 1 is 1.08 bits per heavy atom. The second-order valence-electron chi connectivity index (χ2n) is 8.54. The van der Waals surface area contributed by atoms with E-state index in [-0.39, 0.29) is 17.4 Å². The lowest BCUT2D eigenvalue weighted by molar-refractivity contribution is -0.116. The van der Waals surface area contributed by atoms with Crippen molar-refractivity contribution in [1.29, 1.82) is 5.26 Å². The molecule has 0 spiro atoms. The molecule has 8 nitrogen and oxygen atoms in total. The Morgan fingerprint density at radius 2 is 1.74 bits per heavy atom. The molecular weight excluding hydrogens is 549 g/mol. The zero-order valence-electron chi connectivity index (χ0n) is 20.9. The van der Waals surface area contributed by atoms with E-state index < -0.39 is 5.92 Å². The average molecular weight is 574 g/mol. The Kier molecular flexibility index (Phi) is 8.77. The van der Waals surface area contributed by atoms with Crippen molar-refractivity contribution in [2.24, 2.45) is 0 Å². The Morgan fingerprint density at radius 3 is 2.32 bits per heavy atom. The number of dihydropyridines is 1. The summed E-state index contributed by atoms with van der Waals surface area (Å²) < 4.78 is 16.5. The van der Waals surface area contributed by atoms with Gasteiger partial charge in [0.1, 0.15) is 0 Å². The fourth-order valence-corrected chi connectivity index (χ4v) is 5.99. The highest BCUT2D eigenvalue weighted by molar-refractivity contribution is 8.03. The molecule has 2 N–H and O–H groups in total. The van der Waals surface area contributed by atoms with E-state index in [0.717, 1.165) is 5.70 Å². The lowest BCUT2D eigenvalue weighted by atomic mass is 9.76. The highest BCUT2D eigenvalue weighted by Gasteiger charge is 2.38. The van der Waals surface area contributed by atoms with Crippen LogP contribution in [0, 0.1) is 11.3 Å². The van der Waals surface area contributed by atoms with Gasteiger partial charge in [-0.15, -0.1) is 0 Å². The van der Waals surface area contributed by atoms with Crippen LogP contribution in [0.5, 0.6) is 17.2 Å². The molecule has 1 amide bonds. The fourth-order valence-electron chi connectivity index (χ4n) is 4.60. The second kappa shape index (κ2) is 12.0. The number of allylic oxidation sites excluding steroid dienone is 3. The summed E-state index contributed by atoms with van der Waals surface area (Å²) in [5.41, 5.74) is 2.75. The van der Waals surface area contributed by atoms with Crippen molar-refractivity contribution in [3.8, 4) is 23.3 Å². The molecule has 1 atom stereocenters. The number of halogens is 2. The lowest BCUT2D eigenvalue weighted by Crippen LogP contribution is -2.31. The van der Waals surface area contributed by atoms with E-state index in [2.05, 4.69) is 16.7 Å². The van der Waals surface area contributed by atoms with Crippen LogP contribution in [-0.4, -0.2) is 38.8 Å². The van der Waals surface area contributed by atoms with Crippen molar-refractivity contribution in [3.05, 3.63) is 67.8 Å². The third-order valence-corrected chi connectivity index (χ3v) is 7.63. The van der Waals surface area contributed by atoms with Crippen LogP contribution in [-0.2, 0) is 9.59 Å². The number of ketones is 1. The SMILES string of the molecule is COc1cc(C2C(C#N)=C(SCC(=O)Nc3cc(Cl)cc(Cl)c3)NC3=C2C(=O)CCC3)cc(OC)c1OC. The van der Waals surface area contributed by atoms with Gasteiger partial charge in [0.2, 0.25) is 11.7 Å². The van der Waals surface area contributed by atoms with E-state index >= 15 is 0 Å². The minimum Gasteiger partial charge on any atom is -0.493 e. The van der Waals surface area contributed by atoms with Crippen molar-refractivity contribution in [2.75, 3.05) is 32.4 Å². The van der Waals surface area contributed by atoms with Crippen LogP contribution in [0.3, 0.4) is 0 Å². The molecule has 0 saturated heterocycles. The standard InChI is InChI=1S/C27H25Cl2N3O5S/c1-35-21-7-14(8-22(36-2)26(21)37-3)24-18(12-30)27(32-19-5-4-6-20(33)25(19)24)38-13-23(34)31-17-10-15(28)9-16(29)11-17/h7-11,24,32H,4-6,13H2,1-3H3,(H,31,34). The Hall–Kier alpha value is -3.32. The number of Topliss-reactive ketones (excluding diaryl/α,β-unsaturated/α-hetero) is 1. The molecule has 11 heteroatoms. The molecule has 1 aliphatic carbocycles. The highest BCUT2D eigenvalue weighted by Crippen LogP contribution is 2.48. The van der Waals surface area contributed by atoms with E-state index in [1.165, 1.54) is 33.1 Å². The maximum absolute atomic E-state index is 13.1. The predicted molar refractivity (Wildman–Crippen MR) is 148 cm³/mol. The molecular formula is C27H25Cl2N3O5S. The fraction of sp³-hybridized carbons (Fsp3) is 0.296. The first-order valence-corrected chi connectivity index (χ1v) is 13.4. The Labute approximate surface area is 234 Å². The monoisotopic (exact) mass is 573 g/mol. The van der Waals surface area contributed by atoms with Gasteiger partial charge in [0.25, 0.3) is 0 Å². The molecule has 0 aromatic heterocycles. The number of nitriles is 1. The zero-order chi connectivity index (χ0) is 27.4. The van der Waals surface area contributed by atoms with Crippen molar-refractivity contribution in [3.63, 3.8) is 0 Å². The van der Waals surface area contributed by atoms with E-state index in [1.54, 1.807) is 30.3 Å². The van der Waals surface area contributed by atoms with E-state index in [4.69, 9.17) is 37.4 Å². The molecule has 0 bridgehead atoms. The smallest absolute Gasteiger partial charge is 0.234 e. The van der Waals surface area contributed by atoms with Crippen LogP contribution >= 0.6 is 35.0 Å². The minimum absolute atomic E-state index is 0.0101. The van der Waals surface area contributed by atoms with E-state index in [0.29, 0.717) is 74.0 Å². The summed E-state index contributed by atoms with van der Waals surface area (Å²) in [7, 11) is 4.52. The number of hydrogen-bond donors (Lipinski definition) is 2. The first-order valence-electron chi connectivity index (χ1n) is 11.7. The van der Waals surface area contributed by atoms with Crippen LogP contribution in [0.1, 0.15) is 30.7 Å². The number of anilines is 1. The van der Waals surface area contributed by atoms with Gasteiger partial charge in [0.15, 0.2) is 17.3 Å². The van der Waals surface area contributed by atoms with Crippen LogP contribution in [0.15, 0.2) is 52.2 Å². The molecule has 1 aliphatic heterocycles. The van der Waals surface area contributed by atoms with Crippen molar-refractivity contribution in [2.45, 2.75) is 25.2 Å². The van der Waals surface area contributed by atoms with Crippen molar-refractivity contribution in [1.82, 2.24) is 5.32 Å². The third kappa shape index (κ3) is 5.73. The van der Waals surface area contributed by atoms with Gasteiger partial charge in [-0.05, 0) is 48.7 Å². The summed E-state index contributed by atoms with van der Waals surface area (Å²) in [5, 5.41) is 17.6. The Bertz CT molecular complexity index is 1350. The Balaban J connectivity index is 1.70. The predicted octanol–water partition coefficient (Wildman–Crippen LogP) is 5.82. The molecule has 2 aromatic rings. The van der Waals surface area contributed by atoms with Gasteiger partial charge in [-0.25, -0.2) is 0 Å². The third-order valence-electron chi connectivity index (χ3n) is 6.18. The number of nitrogens with zero attached hydrogens (tertiary/aromatic N) is 1. The number of carbonyl (C=O) groups is 2. The topological polar surface area (TPSA) is 110 Å². The summed E-state index contributed by atoms with van der Waals surface area (Å²) >= 11 is 13.2. The van der Waals surface area contributed by atoms with Crippen molar-refractivity contribution < 1.29 is 23.8 Å². The quantitative estimate of drug-likeness (QED) is 0.406. The van der Waals surface area contributed by atoms with Gasteiger partial charge in [0, 0.05) is 33.4 Å². The number of carbonyl (C=O) groups excluding carboxylic acids is 2. The zero-order valence-corrected chi connectivity index (χ0v) is 23.3. The van der Waals surface area contributed by atoms with E-state index in [1.807, 2.05) is 0 Å². The number of nitrogens with one attached hydrogen (secondary N) is 2. The first-order chi connectivity index (χ1) is 18.3. The van der Waals surface area contributed by atoms with Gasteiger partial charge in [0.05, 0.1) is 49.7 Å². The summed E-state index contributed by atoms with van der Waals surface area (Å²) in [5.74, 6) is 0.264. The van der Waals surface area contributed by atoms with Crippen LogP contribution in [0.4, 0.5) is 5.69 Å². The molecule has 0 saturated carbocycles. The highest BCUT2D eigenvalue weighted by atomic mass is 35.5. The number of hydrogen-bond acceptors (Lipinski definition) is 8. The summed E-state index contributed by atoms with van der Waals surface area (Å²) in [4.78, 5) is 25.9. The molecule has 4 rings (SSSR count). The number of thioether (sulfide) groups is 1. The first kappa shape index (κ1) is 27.7.